The van der Waals surface area contributed by atoms with Crippen LogP contribution in [0.3, 0.4) is 0 Å². The zero-order chi connectivity index (χ0) is 20.3. The van der Waals surface area contributed by atoms with Crippen LogP contribution in [0.5, 0.6) is 0 Å². The molecule has 142 valence electrons. The van der Waals surface area contributed by atoms with Crippen LogP contribution >= 0.6 is 0 Å². The van der Waals surface area contributed by atoms with Gasteiger partial charge >= 0.3 is 0 Å². The van der Waals surface area contributed by atoms with Gasteiger partial charge in [-0.25, -0.2) is 0 Å². The largest absolute Gasteiger partial charge is 0.467 e. The van der Waals surface area contributed by atoms with E-state index in [1.807, 2.05) is 26.0 Å². The number of benzene rings is 1. The van der Waals surface area contributed by atoms with Gasteiger partial charge in [0.2, 0.25) is 0 Å². The van der Waals surface area contributed by atoms with Crippen LogP contribution in [0.4, 0.5) is 0 Å². The molecule has 1 N–H and O–H groups in total. The smallest absolute Gasteiger partial charge is 0.262 e. The summed E-state index contributed by atoms with van der Waals surface area (Å²) < 4.78 is 7.33. The molecule has 0 spiro atoms. The summed E-state index contributed by atoms with van der Waals surface area (Å²) in [6.07, 6.45) is 3.18. The fraction of sp³-hybridized carbons (Fsp3) is 0.217. The van der Waals surface area contributed by atoms with Crippen molar-refractivity contribution in [2.45, 2.75) is 34.2 Å². The molecule has 2 heterocycles. The van der Waals surface area contributed by atoms with E-state index in [1.165, 1.54) is 11.1 Å². The first kappa shape index (κ1) is 19.2. The Morgan fingerprint density at radius 1 is 1.18 bits per heavy atom. The monoisotopic (exact) mass is 373 g/mol. The zero-order valence-corrected chi connectivity index (χ0v) is 16.5. The molecule has 0 saturated heterocycles. The van der Waals surface area contributed by atoms with Crippen molar-refractivity contribution in [2.75, 3.05) is 0 Å². The van der Waals surface area contributed by atoms with Crippen molar-refractivity contribution in [2.24, 2.45) is 0 Å². The molecule has 5 heteroatoms. The van der Waals surface area contributed by atoms with Crippen molar-refractivity contribution in [1.29, 1.82) is 5.26 Å². The van der Waals surface area contributed by atoms with Crippen molar-refractivity contribution in [3.05, 3.63) is 82.1 Å². The first-order valence-corrected chi connectivity index (χ1v) is 9.09. The SMILES string of the molecule is Cc1ccc(-n2c(C)cc(/C=C(\C#N)C(=O)NCc3ccco3)c2C)cc1C. The highest BCUT2D eigenvalue weighted by Crippen LogP contribution is 2.24. The lowest BCUT2D eigenvalue weighted by atomic mass is 10.1. The van der Waals surface area contributed by atoms with Crippen LogP contribution in [0.1, 0.15) is 33.8 Å². The molecule has 3 aromatic rings. The average molecular weight is 373 g/mol. The first-order chi connectivity index (χ1) is 13.4. The minimum absolute atomic E-state index is 0.0619. The molecule has 3 rings (SSSR count). The lowest BCUT2D eigenvalue weighted by Gasteiger charge is -2.12. The second-order valence-electron chi connectivity index (χ2n) is 6.86. The average Bonchev–Trinajstić information content (AvgIpc) is 3.28. The highest BCUT2D eigenvalue weighted by Gasteiger charge is 2.14. The number of carbonyl (C=O) groups is 1. The molecule has 0 bridgehead atoms. The molecular formula is C23H23N3O2. The van der Waals surface area contributed by atoms with Crippen LogP contribution in [0, 0.1) is 39.0 Å². The van der Waals surface area contributed by atoms with Crippen molar-refractivity contribution in [3.63, 3.8) is 0 Å². The van der Waals surface area contributed by atoms with Crippen molar-refractivity contribution >= 4 is 12.0 Å². The maximum absolute atomic E-state index is 12.4. The van der Waals surface area contributed by atoms with E-state index in [0.29, 0.717) is 5.76 Å². The van der Waals surface area contributed by atoms with Crippen LogP contribution in [0.25, 0.3) is 11.8 Å². The minimum Gasteiger partial charge on any atom is -0.467 e. The number of carbonyl (C=O) groups excluding carboxylic acids is 1. The molecule has 0 aliphatic rings. The lowest BCUT2D eigenvalue weighted by Crippen LogP contribution is -2.23. The maximum atomic E-state index is 12.4. The quantitative estimate of drug-likeness (QED) is 0.528. The Hall–Kier alpha value is -3.52. The van der Waals surface area contributed by atoms with Crippen molar-refractivity contribution < 1.29 is 9.21 Å². The lowest BCUT2D eigenvalue weighted by molar-refractivity contribution is -0.117. The third-order valence-corrected chi connectivity index (χ3v) is 4.89. The van der Waals surface area contributed by atoms with E-state index in [9.17, 15) is 10.1 Å². The first-order valence-electron chi connectivity index (χ1n) is 9.09. The summed E-state index contributed by atoms with van der Waals surface area (Å²) in [5.41, 5.74) is 6.46. The molecule has 0 aliphatic carbocycles. The number of aryl methyl sites for hydroxylation is 3. The van der Waals surface area contributed by atoms with Crippen LogP contribution in [-0.2, 0) is 11.3 Å². The summed E-state index contributed by atoms with van der Waals surface area (Å²) in [6, 6.07) is 13.8. The van der Waals surface area contributed by atoms with Gasteiger partial charge in [0.05, 0.1) is 12.8 Å². The van der Waals surface area contributed by atoms with Crippen molar-refractivity contribution in [1.82, 2.24) is 9.88 Å². The highest BCUT2D eigenvalue weighted by molar-refractivity contribution is 6.01. The van der Waals surface area contributed by atoms with E-state index in [2.05, 4.69) is 41.9 Å². The van der Waals surface area contributed by atoms with Crippen LogP contribution in [0.2, 0.25) is 0 Å². The normalized spacial score (nSPS) is 11.3. The Balaban J connectivity index is 1.89. The van der Waals surface area contributed by atoms with E-state index in [4.69, 9.17) is 4.42 Å². The second-order valence-corrected chi connectivity index (χ2v) is 6.86. The number of rotatable bonds is 5. The molecule has 0 aliphatic heterocycles. The maximum Gasteiger partial charge on any atom is 0.262 e. The van der Waals surface area contributed by atoms with Gasteiger partial charge in [0.15, 0.2) is 0 Å². The molecule has 0 radical (unpaired) electrons. The predicted molar refractivity (Wildman–Crippen MR) is 109 cm³/mol. The molecule has 5 nitrogen and oxygen atoms in total. The third-order valence-electron chi connectivity index (χ3n) is 4.89. The van der Waals surface area contributed by atoms with Gasteiger partial charge in [-0.3, -0.25) is 4.79 Å². The summed E-state index contributed by atoms with van der Waals surface area (Å²) in [7, 11) is 0. The summed E-state index contributed by atoms with van der Waals surface area (Å²) >= 11 is 0. The summed E-state index contributed by atoms with van der Waals surface area (Å²) in [5, 5.41) is 12.2. The number of hydrogen-bond donors (Lipinski definition) is 1. The number of nitriles is 1. The number of hydrogen-bond acceptors (Lipinski definition) is 3. The second kappa shape index (κ2) is 8.01. The molecule has 28 heavy (non-hydrogen) atoms. The number of nitrogens with one attached hydrogen (secondary N) is 1. The van der Waals surface area contributed by atoms with E-state index in [0.717, 1.165) is 22.6 Å². The van der Waals surface area contributed by atoms with Gasteiger partial charge in [0, 0.05) is 17.1 Å². The van der Waals surface area contributed by atoms with Gasteiger partial charge in [0.25, 0.3) is 5.91 Å². The fourth-order valence-electron chi connectivity index (χ4n) is 3.18. The molecule has 0 atom stereocenters. The number of nitrogens with zero attached hydrogens (tertiary/aromatic N) is 2. The number of furan rings is 1. The fourth-order valence-corrected chi connectivity index (χ4v) is 3.18. The van der Waals surface area contributed by atoms with Gasteiger partial charge in [0.1, 0.15) is 17.4 Å². The highest BCUT2D eigenvalue weighted by atomic mass is 16.3. The summed E-state index contributed by atoms with van der Waals surface area (Å²) in [5.74, 6) is 0.216. The van der Waals surface area contributed by atoms with E-state index in [1.54, 1.807) is 24.5 Å². The van der Waals surface area contributed by atoms with Gasteiger partial charge in [-0.05, 0) is 80.8 Å². The van der Waals surface area contributed by atoms with Crippen LogP contribution in [-0.4, -0.2) is 10.5 Å². The molecule has 0 fully saturated rings. The Kier molecular flexibility index (Phi) is 5.51. The molecule has 2 aromatic heterocycles. The number of aromatic nitrogens is 1. The molecule has 1 aromatic carbocycles. The molecule has 0 saturated carbocycles. The van der Waals surface area contributed by atoms with Gasteiger partial charge in [-0.15, -0.1) is 0 Å². The van der Waals surface area contributed by atoms with Crippen LogP contribution in [0.15, 0.2) is 52.7 Å². The van der Waals surface area contributed by atoms with Crippen LogP contribution < -0.4 is 5.32 Å². The topological polar surface area (TPSA) is 71.0 Å². The van der Waals surface area contributed by atoms with Crippen molar-refractivity contribution in [3.8, 4) is 11.8 Å². The van der Waals surface area contributed by atoms with Gasteiger partial charge in [-0.2, -0.15) is 5.26 Å². The van der Waals surface area contributed by atoms with Gasteiger partial charge < -0.3 is 14.3 Å². The number of amides is 1. The van der Waals surface area contributed by atoms with E-state index >= 15 is 0 Å². The standard InChI is InChI=1S/C23H23N3O2/c1-15-7-8-21(10-16(15)2)26-17(3)11-19(18(26)4)12-20(13-24)23(27)25-14-22-6-5-9-28-22/h5-12H,14H2,1-4H3,(H,25,27)/b20-12+. The third kappa shape index (κ3) is 3.91. The molecule has 0 unspecified atom stereocenters. The Morgan fingerprint density at radius 3 is 2.61 bits per heavy atom. The summed E-state index contributed by atoms with van der Waals surface area (Å²) in [6.45, 7) is 8.42. The van der Waals surface area contributed by atoms with E-state index in [-0.39, 0.29) is 12.1 Å². The molecule has 1 amide bonds. The minimum atomic E-state index is -0.421. The van der Waals surface area contributed by atoms with E-state index < -0.39 is 5.91 Å². The van der Waals surface area contributed by atoms with Gasteiger partial charge in [-0.1, -0.05) is 6.07 Å². The Morgan fingerprint density at radius 2 is 1.96 bits per heavy atom. The Bertz CT molecular complexity index is 1080. The Labute approximate surface area is 164 Å². The summed E-state index contributed by atoms with van der Waals surface area (Å²) in [4.78, 5) is 12.4. The zero-order valence-electron chi connectivity index (χ0n) is 16.5. The molecular weight excluding hydrogens is 350 g/mol. The predicted octanol–water partition coefficient (Wildman–Crippen LogP) is 4.53.